The summed E-state index contributed by atoms with van der Waals surface area (Å²) in [5.41, 5.74) is 2.46. The van der Waals surface area contributed by atoms with Crippen molar-refractivity contribution in [2.24, 2.45) is 5.18 Å². The maximum atomic E-state index is 13.0. The van der Waals surface area contributed by atoms with E-state index >= 15 is 0 Å². The van der Waals surface area contributed by atoms with Crippen LogP contribution < -0.4 is 10.1 Å². The van der Waals surface area contributed by atoms with Crippen LogP contribution in [0.3, 0.4) is 0 Å². The highest BCUT2D eigenvalue weighted by atomic mass is 19.1. The van der Waals surface area contributed by atoms with E-state index in [9.17, 15) is 9.30 Å². The van der Waals surface area contributed by atoms with E-state index in [1.165, 1.54) is 12.1 Å². The molecule has 0 saturated heterocycles. The standard InChI is InChI=1S/C19H15FN2O2/c20-15-6-8-16(9-7-15)21-19-12-17(10-11-18(19)22-23)24-13-14-4-2-1-3-5-14/h1-12,21H,13H2. The highest BCUT2D eigenvalue weighted by Crippen LogP contribution is 2.32. The van der Waals surface area contributed by atoms with Crippen molar-refractivity contribution in [2.45, 2.75) is 6.61 Å². The van der Waals surface area contributed by atoms with Gasteiger partial charge in [0.05, 0.1) is 5.69 Å². The molecular formula is C19H15FN2O2. The Hall–Kier alpha value is -3.21. The number of nitroso groups, excluding NO2 is 1. The maximum Gasteiger partial charge on any atom is 0.131 e. The fourth-order valence-electron chi connectivity index (χ4n) is 2.21. The third-order valence-electron chi connectivity index (χ3n) is 3.44. The van der Waals surface area contributed by atoms with Crippen molar-refractivity contribution in [2.75, 3.05) is 5.32 Å². The molecule has 0 aliphatic heterocycles. The molecule has 3 rings (SSSR count). The summed E-state index contributed by atoms with van der Waals surface area (Å²) in [5, 5.41) is 6.05. The van der Waals surface area contributed by atoms with Crippen molar-refractivity contribution in [1.82, 2.24) is 0 Å². The summed E-state index contributed by atoms with van der Waals surface area (Å²) in [5.74, 6) is 0.282. The van der Waals surface area contributed by atoms with E-state index in [1.54, 1.807) is 30.3 Å². The molecule has 0 aliphatic rings. The maximum absolute atomic E-state index is 13.0. The Morgan fingerprint density at radius 2 is 1.71 bits per heavy atom. The van der Waals surface area contributed by atoms with E-state index in [1.807, 2.05) is 30.3 Å². The van der Waals surface area contributed by atoms with Gasteiger partial charge in [-0.05, 0) is 47.1 Å². The Morgan fingerprint density at radius 1 is 0.958 bits per heavy atom. The van der Waals surface area contributed by atoms with Gasteiger partial charge >= 0.3 is 0 Å². The second-order valence-corrected chi connectivity index (χ2v) is 5.18. The van der Waals surface area contributed by atoms with Gasteiger partial charge in [0.2, 0.25) is 0 Å². The quantitative estimate of drug-likeness (QED) is 0.606. The molecule has 24 heavy (non-hydrogen) atoms. The first-order chi connectivity index (χ1) is 11.7. The molecule has 4 nitrogen and oxygen atoms in total. The zero-order valence-electron chi connectivity index (χ0n) is 12.8. The molecule has 0 fully saturated rings. The fourth-order valence-corrected chi connectivity index (χ4v) is 2.21. The first kappa shape index (κ1) is 15.7. The monoisotopic (exact) mass is 322 g/mol. The minimum atomic E-state index is -0.325. The Morgan fingerprint density at radius 3 is 2.42 bits per heavy atom. The van der Waals surface area contributed by atoms with Crippen LogP contribution in [0, 0.1) is 10.7 Å². The molecule has 0 radical (unpaired) electrons. The molecule has 0 saturated carbocycles. The highest BCUT2D eigenvalue weighted by Gasteiger charge is 2.07. The molecule has 5 heteroatoms. The highest BCUT2D eigenvalue weighted by molar-refractivity contribution is 5.73. The molecule has 1 N–H and O–H groups in total. The number of anilines is 2. The van der Waals surface area contributed by atoms with Crippen molar-refractivity contribution >= 4 is 17.1 Å². The molecule has 120 valence electrons. The number of nitrogens with zero attached hydrogens (tertiary/aromatic N) is 1. The minimum Gasteiger partial charge on any atom is -0.489 e. The third-order valence-corrected chi connectivity index (χ3v) is 3.44. The lowest BCUT2D eigenvalue weighted by atomic mass is 10.2. The number of benzene rings is 3. The van der Waals surface area contributed by atoms with Gasteiger partial charge in [-0.2, -0.15) is 0 Å². The summed E-state index contributed by atoms with van der Waals surface area (Å²) in [6.45, 7) is 0.421. The Labute approximate surface area is 138 Å². The lowest BCUT2D eigenvalue weighted by Gasteiger charge is -2.11. The van der Waals surface area contributed by atoms with Gasteiger partial charge in [0.15, 0.2) is 0 Å². The SMILES string of the molecule is O=Nc1ccc(OCc2ccccc2)cc1Nc1ccc(F)cc1. The number of halogens is 1. The number of ether oxygens (including phenoxy) is 1. The van der Waals surface area contributed by atoms with Gasteiger partial charge < -0.3 is 10.1 Å². The summed E-state index contributed by atoms with van der Waals surface area (Å²) in [7, 11) is 0. The van der Waals surface area contributed by atoms with E-state index in [4.69, 9.17) is 4.74 Å². The average Bonchev–Trinajstić information content (AvgIpc) is 2.63. The van der Waals surface area contributed by atoms with Crippen LogP contribution in [0.2, 0.25) is 0 Å². The van der Waals surface area contributed by atoms with Crippen molar-refractivity contribution in [3.8, 4) is 5.75 Å². The summed E-state index contributed by atoms with van der Waals surface area (Å²) in [6, 6.07) is 20.6. The van der Waals surface area contributed by atoms with Crippen LogP contribution in [0.1, 0.15) is 5.56 Å². The second-order valence-electron chi connectivity index (χ2n) is 5.18. The zero-order valence-corrected chi connectivity index (χ0v) is 12.8. The first-order valence-electron chi connectivity index (χ1n) is 7.41. The number of rotatable bonds is 6. The smallest absolute Gasteiger partial charge is 0.131 e. The van der Waals surface area contributed by atoms with E-state index in [-0.39, 0.29) is 11.5 Å². The van der Waals surface area contributed by atoms with Crippen molar-refractivity contribution in [3.05, 3.63) is 89.1 Å². The molecule has 0 heterocycles. The molecule has 0 aromatic heterocycles. The lowest BCUT2D eigenvalue weighted by Crippen LogP contribution is -1.96. The van der Waals surface area contributed by atoms with Crippen LogP contribution in [0.15, 0.2) is 78.0 Å². The molecule has 0 atom stereocenters. The Balaban J connectivity index is 1.77. The van der Waals surface area contributed by atoms with Gasteiger partial charge in [0.25, 0.3) is 0 Å². The molecule has 0 amide bonds. The lowest BCUT2D eigenvalue weighted by molar-refractivity contribution is 0.306. The second kappa shape index (κ2) is 7.37. The van der Waals surface area contributed by atoms with Crippen LogP contribution in [0.25, 0.3) is 0 Å². The van der Waals surface area contributed by atoms with Crippen molar-refractivity contribution < 1.29 is 9.13 Å². The van der Waals surface area contributed by atoms with Gasteiger partial charge in [-0.15, -0.1) is 4.91 Å². The van der Waals surface area contributed by atoms with Gasteiger partial charge in [-0.25, -0.2) is 4.39 Å². The number of hydrogen-bond acceptors (Lipinski definition) is 4. The predicted molar refractivity (Wildman–Crippen MR) is 92.4 cm³/mol. The van der Waals surface area contributed by atoms with Crippen molar-refractivity contribution in [3.63, 3.8) is 0 Å². The van der Waals surface area contributed by atoms with E-state index in [0.717, 1.165) is 5.56 Å². The van der Waals surface area contributed by atoms with E-state index < -0.39 is 0 Å². The average molecular weight is 322 g/mol. The third kappa shape index (κ3) is 3.95. The fraction of sp³-hybridized carbons (Fsp3) is 0.0526. The topological polar surface area (TPSA) is 50.7 Å². The van der Waals surface area contributed by atoms with E-state index in [0.29, 0.717) is 23.7 Å². The normalized spacial score (nSPS) is 10.2. The van der Waals surface area contributed by atoms with E-state index in [2.05, 4.69) is 10.5 Å². The first-order valence-corrected chi connectivity index (χ1v) is 7.41. The molecule has 0 aliphatic carbocycles. The Kier molecular flexibility index (Phi) is 4.81. The van der Waals surface area contributed by atoms with Gasteiger partial charge in [-0.1, -0.05) is 30.3 Å². The summed E-state index contributed by atoms with van der Waals surface area (Å²) < 4.78 is 18.7. The summed E-state index contributed by atoms with van der Waals surface area (Å²) >= 11 is 0. The number of hydrogen-bond donors (Lipinski definition) is 1. The van der Waals surface area contributed by atoms with Gasteiger partial charge in [0.1, 0.15) is 23.9 Å². The largest absolute Gasteiger partial charge is 0.489 e. The van der Waals surface area contributed by atoms with Gasteiger partial charge in [0, 0.05) is 11.8 Å². The molecule has 3 aromatic rings. The predicted octanol–water partition coefficient (Wildman–Crippen LogP) is 5.55. The zero-order chi connectivity index (χ0) is 16.8. The molecule has 0 spiro atoms. The Bertz CT molecular complexity index is 821. The van der Waals surface area contributed by atoms with Crippen LogP contribution in [-0.2, 0) is 6.61 Å². The molecule has 0 unspecified atom stereocenters. The van der Waals surface area contributed by atoms with Crippen LogP contribution >= 0.6 is 0 Å². The molecular weight excluding hydrogens is 307 g/mol. The molecule has 0 bridgehead atoms. The minimum absolute atomic E-state index is 0.256. The molecule has 3 aromatic carbocycles. The van der Waals surface area contributed by atoms with Crippen LogP contribution in [0.5, 0.6) is 5.75 Å². The van der Waals surface area contributed by atoms with Gasteiger partial charge in [-0.3, -0.25) is 0 Å². The van der Waals surface area contributed by atoms with Crippen LogP contribution in [-0.4, -0.2) is 0 Å². The van der Waals surface area contributed by atoms with Crippen LogP contribution in [0.4, 0.5) is 21.5 Å². The summed E-state index contributed by atoms with van der Waals surface area (Å²) in [6.07, 6.45) is 0. The van der Waals surface area contributed by atoms with Crippen molar-refractivity contribution in [1.29, 1.82) is 0 Å². The number of nitrogens with one attached hydrogen (secondary N) is 1. The summed E-state index contributed by atoms with van der Waals surface area (Å²) in [4.78, 5) is 11.0.